The van der Waals surface area contributed by atoms with Gasteiger partial charge in [-0.1, -0.05) is 0 Å². The topological polar surface area (TPSA) is 69.7 Å². The van der Waals surface area contributed by atoms with Gasteiger partial charge in [0.1, 0.15) is 11.7 Å². The summed E-state index contributed by atoms with van der Waals surface area (Å²) >= 11 is 0. The molecule has 0 aromatic heterocycles. The third kappa shape index (κ3) is 1.80. The van der Waals surface area contributed by atoms with Crippen molar-refractivity contribution < 1.29 is 23.9 Å². The fourth-order valence-electron chi connectivity index (χ4n) is 3.02. The molecule has 0 saturated heterocycles. The first-order valence-corrected chi connectivity index (χ1v) is 6.73. The van der Waals surface area contributed by atoms with Crippen molar-refractivity contribution in [3.8, 4) is 0 Å². The molecule has 0 bridgehead atoms. The number of carbonyl (C=O) groups is 3. The molecule has 2 heterocycles. The van der Waals surface area contributed by atoms with E-state index in [9.17, 15) is 14.4 Å². The van der Waals surface area contributed by atoms with E-state index in [1.807, 2.05) is 13.8 Å². The zero-order valence-electron chi connectivity index (χ0n) is 11.7. The van der Waals surface area contributed by atoms with Gasteiger partial charge in [0.05, 0.1) is 5.92 Å². The molecule has 1 aliphatic carbocycles. The first kappa shape index (κ1) is 13.1. The lowest BCUT2D eigenvalue weighted by Crippen LogP contribution is -2.46. The number of esters is 1. The predicted molar refractivity (Wildman–Crippen MR) is 68.6 cm³/mol. The van der Waals surface area contributed by atoms with E-state index in [0.717, 1.165) is 6.42 Å². The zero-order chi connectivity index (χ0) is 14.7. The van der Waals surface area contributed by atoms with Crippen LogP contribution < -0.4 is 0 Å². The average Bonchev–Trinajstić information content (AvgIpc) is 2.34. The molecule has 0 radical (unpaired) electrons. The van der Waals surface area contributed by atoms with Crippen LogP contribution in [0.3, 0.4) is 0 Å². The van der Waals surface area contributed by atoms with Crippen LogP contribution in [0.25, 0.3) is 0 Å². The summed E-state index contributed by atoms with van der Waals surface area (Å²) in [7, 11) is 0. The van der Waals surface area contributed by atoms with Crippen LogP contribution in [0.4, 0.5) is 0 Å². The largest absolute Gasteiger partial charge is 0.483 e. The maximum absolute atomic E-state index is 12.2. The molecule has 3 rings (SSSR count). The Morgan fingerprint density at radius 1 is 1.25 bits per heavy atom. The quantitative estimate of drug-likeness (QED) is 0.495. The summed E-state index contributed by atoms with van der Waals surface area (Å²) in [5, 5.41) is 0. The molecule has 2 atom stereocenters. The highest BCUT2D eigenvalue weighted by Gasteiger charge is 2.48. The summed E-state index contributed by atoms with van der Waals surface area (Å²) in [5.41, 5.74) is 0.828. The van der Waals surface area contributed by atoms with Crippen molar-refractivity contribution in [2.24, 2.45) is 5.92 Å². The standard InChI is InChI=1S/C15H16O5/c1-7-11-9(6-10(16)19-7)8-4-5-15(2,3)20-14(8)13(18)12(11)17/h6-7,11H,4-5H2,1-3H3. The molecule has 0 aromatic carbocycles. The Kier molecular flexibility index (Phi) is 2.64. The lowest BCUT2D eigenvalue weighted by atomic mass is 9.73. The van der Waals surface area contributed by atoms with Gasteiger partial charge in [-0.15, -0.1) is 0 Å². The number of ether oxygens (including phenoxy) is 2. The van der Waals surface area contributed by atoms with E-state index < -0.39 is 35.2 Å². The van der Waals surface area contributed by atoms with E-state index in [1.165, 1.54) is 6.08 Å². The molecule has 0 saturated carbocycles. The molecule has 3 aliphatic rings. The molecule has 5 heteroatoms. The first-order valence-electron chi connectivity index (χ1n) is 6.73. The van der Waals surface area contributed by atoms with Crippen molar-refractivity contribution in [3.63, 3.8) is 0 Å². The minimum Gasteiger partial charge on any atom is -0.483 e. The van der Waals surface area contributed by atoms with Crippen LogP contribution in [0.15, 0.2) is 23.0 Å². The Labute approximate surface area is 116 Å². The van der Waals surface area contributed by atoms with Crippen LogP contribution >= 0.6 is 0 Å². The number of Topliss-reactive ketones (excluding diaryl/α,β-unsaturated/α-hetero) is 2. The van der Waals surface area contributed by atoms with Gasteiger partial charge >= 0.3 is 5.97 Å². The smallest absolute Gasteiger partial charge is 0.331 e. The molecule has 0 aromatic rings. The third-order valence-corrected chi connectivity index (χ3v) is 4.07. The maximum atomic E-state index is 12.2. The molecule has 2 unspecified atom stereocenters. The molecule has 0 spiro atoms. The molecule has 20 heavy (non-hydrogen) atoms. The van der Waals surface area contributed by atoms with Crippen molar-refractivity contribution in [2.75, 3.05) is 0 Å². The normalized spacial score (nSPS) is 31.9. The molecular formula is C15H16O5. The number of allylic oxidation sites excluding steroid dienone is 2. The SMILES string of the molecule is CC1OC(=O)C=C2C3=C(OC(C)(C)CC3)C(=O)C(=O)C21. The Balaban J connectivity index is 2.16. The minimum absolute atomic E-state index is 0.121. The number of ketones is 2. The number of fused-ring (bicyclic) bond motifs is 2. The summed E-state index contributed by atoms with van der Waals surface area (Å²) in [6, 6.07) is 0. The molecule has 5 nitrogen and oxygen atoms in total. The number of rotatable bonds is 0. The van der Waals surface area contributed by atoms with Gasteiger partial charge in [0, 0.05) is 11.6 Å². The highest BCUT2D eigenvalue weighted by Crippen LogP contribution is 2.43. The van der Waals surface area contributed by atoms with Gasteiger partial charge in [-0.25, -0.2) is 4.79 Å². The van der Waals surface area contributed by atoms with Gasteiger partial charge in [0.2, 0.25) is 5.78 Å². The summed E-state index contributed by atoms with van der Waals surface area (Å²) in [6.07, 6.45) is 2.08. The van der Waals surface area contributed by atoms with Gasteiger partial charge < -0.3 is 9.47 Å². The van der Waals surface area contributed by atoms with Crippen LogP contribution in [0.1, 0.15) is 33.6 Å². The van der Waals surface area contributed by atoms with Crippen LogP contribution in [0.2, 0.25) is 0 Å². The second-order valence-electron chi connectivity index (χ2n) is 6.08. The molecule has 106 valence electrons. The fraction of sp³-hybridized carbons (Fsp3) is 0.533. The monoisotopic (exact) mass is 276 g/mol. The lowest BCUT2D eigenvalue weighted by Gasteiger charge is -2.40. The predicted octanol–water partition coefficient (Wildman–Crippen LogP) is 1.47. The highest BCUT2D eigenvalue weighted by atomic mass is 16.5. The van der Waals surface area contributed by atoms with Crippen LogP contribution in [0, 0.1) is 5.92 Å². The second-order valence-corrected chi connectivity index (χ2v) is 6.08. The van der Waals surface area contributed by atoms with Crippen molar-refractivity contribution in [3.05, 3.63) is 23.0 Å². The third-order valence-electron chi connectivity index (χ3n) is 4.07. The Morgan fingerprint density at radius 3 is 2.65 bits per heavy atom. The zero-order valence-corrected chi connectivity index (χ0v) is 11.7. The Morgan fingerprint density at radius 2 is 1.95 bits per heavy atom. The molecule has 0 N–H and O–H groups in total. The summed E-state index contributed by atoms with van der Waals surface area (Å²) in [6.45, 7) is 5.40. The lowest BCUT2D eigenvalue weighted by molar-refractivity contribution is -0.152. The number of cyclic esters (lactones) is 1. The van der Waals surface area contributed by atoms with Crippen LogP contribution in [-0.2, 0) is 23.9 Å². The Bertz CT molecular complexity index is 593. The number of hydrogen-bond donors (Lipinski definition) is 0. The molecule has 0 fully saturated rings. The Hall–Kier alpha value is -1.91. The van der Waals surface area contributed by atoms with Crippen molar-refractivity contribution in [1.29, 1.82) is 0 Å². The number of hydrogen-bond acceptors (Lipinski definition) is 5. The fourth-order valence-corrected chi connectivity index (χ4v) is 3.02. The highest BCUT2D eigenvalue weighted by molar-refractivity contribution is 6.46. The second kappa shape index (κ2) is 4.04. The maximum Gasteiger partial charge on any atom is 0.331 e. The molecular weight excluding hydrogens is 260 g/mol. The van der Waals surface area contributed by atoms with Crippen molar-refractivity contribution in [2.45, 2.75) is 45.3 Å². The van der Waals surface area contributed by atoms with Crippen LogP contribution in [-0.4, -0.2) is 29.2 Å². The number of carbonyl (C=O) groups excluding carboxylic acids is 3. The van der Waals surface area contributed by atoms with E-state index in [1.54, 1.807) is 6.92 Å². The van der Waals surface area contributed by atoms with Crippen molar-refractivity contribution >= 4 is 17.5 Å². The summed E-state index contributed by atoms with van der Waals surface area (Å²) in [5.74, 6) is -2.17. The van der Waals surface area contributed by atoms with Crippen LogP contribution in [0.5, 0.6) is 0 Å². The van der Waals surface area contributed by atoms with Crippen molar-refractivity contribution in [1.82, 2.24) is 0 Å². The van der Waals surface area contributed by atoms with Gasteiger partial charge in [0.25, 0.3) is 5.78 Å². The average molecular weight is 276 g/mol. The summed E-state index contributed by atoms with van der Waals surface area (Å²) < 4.78 is 10.7. The van der Waals surface area contributed by atoms with Gasteiger partial charge in [-0.05, 0) is 39.2 Å². The van der Waals surface area contributed by atoms with E-state index in [-0.39, 0.29) is 5.76 Å². The minimum atomic E-state index is -0.677. The van der Waals surface area contributed by atoms with E-state index in [2.05, 4.69) is 0 Å². The van der Waals surface area contributed by atoms with E-state index in [0.29, 0.717) is 17.6 Å². The summed E-state index contributed by atoms with van der Waals surface area (Å²) in [4.78, 5) is 36.0. The molecule has 2 aliphatic heterocycles. The van der Waals surface area contributed by atoms with Gasteiger partial charge in [0.15, 0.2) is 5.76 Å². The first-order chi connectivity index (χ1) is 9.30. The van der Waals surface area contributed by atoms with Gasteiger partial charge in [-0.3, -0.25) is 9.59 Å². The van der Waals surface area contributed by atoms with E-state index in [4.69, 9.17) is 9.47 Å². The van der Waals surface area contributed by atoms with E-state index >= 15 is 0 Å². The molecule has 0 amide bonds. The van der Waals surface area contributed by atoms with Gasteiger partial charge in [-0.2, -0.15) is 0 Å².